The fraction of sp³-hybridized carbons (Fsp3) is 0.478. The number of aromatic nitrogens is 4. The van der Waals surface area contributed by atoms with Crippen molar-refractivity contribution in [2.24, 2.45) is 11.7 Å². The molecule has 1 aromatic carbocycles. The summed E-state index contributed by atoms with van der Waals surface area (Å²) in [5.41, 5.74) is 7.11. The van der Waals surface area contributed by atoms with Gasteiger partial charge in [-0.3, -0.25) is 9.36 Å². The van der Waals surface area contributed by atoms with Crippen LogP contribution in [0, 0.1) is 5.92 Å². The number of ether oxygens (including phenoxy) is 1. The Morgan fingerprint density at radius 3 is 2.50 bits per heavy atom. The maximum absolute atomic E-state index is 14.3. The molecule has 3 heterocycles. The summed E-state index contributed by atoms with van der Waals surface area (Å²) < 4.78 is 21.5. The van der Waals surface area contributed by atoms with Crippen molar-refractivity contribution < 1.29 is 13.9 Å². The van der Waals surface area contributed by atoms with Crippen molar-refractivity contribution in [3.05, 3.63) is 33.4 Å². The molecule has 1 aliphatic carbocycles. The average Bonchev–Trinajstić information content (AvgIpc) is 3.20. The second-order valence-corrected chi connectivity index (χ2v) is 10.4. The number of nitrogens with two attached hydrogens (primary N) is 1. The number of nitrogens with one attached hydrogen (secondary N) is 2. The second kappa shape index (κ2) is 10.5. The average molecular weight is 557 g/mol. The van der Waals surface area contributed by atoms with E-state index >= 15 is 0 Å². The van der Waals surface area contributed by atoms with Crippen LogP contribution in [-0.2, 0) is 9.53 Å². The van der Waals surface area contributed by atoms with Crippen LogP contribution >= 0.6 is 34.8 Å². The monoisotopic (exact) mass is 555 g/mol. The highest BCUT2D eigenvalue weighted by molar-refractivity contribution is 6.41. The Kier molecular flexibility index (Phi) is 7.39. The SMILES string of the molecule is NC(=O)C1CCC(n2c(Nc3c(Cl)cc(Cl)cc3Cl)nc3cnc(NC4CCOC[C@@H]4F)nc32)CC1. The molecule has 1 aliphatic heterocycles. The van der Waals surface area contributed by atoms with Crippen LogP contribution in [0.15, 0.2) is 18.3 Å². The molecule has 0 spiro atoms. The van der Waals surface area contributed by atoms with Crippen molar-refractivity contribution in [3.8, 4) is 0 Å². The molecule has 0 radical (unpaired) electrons. The summed E-state index contributed by atoms with van der Waals surface area (Å²) in [6.07, 6.45) is 3.67. The van der Waals surface area contributed by atoms with E-state index in [1.165, 1.54) is 0 Å². The van der Waals surface area contributed by atoms with Gasteiger partial charge in [-0.05, 0) is 44.2 Å². The molecule has 2 aliphatic rings. The summed E-state index contributed by atoms with van der Waals surface area (Å²) in [5, 5.41) is 7.43. The van der Waals surface area contributed by atoms with E-state index in [1.54, 1.807) is 18.3 Å². The lowest BCUT2D eigenvalue weighted by atomic mass is 9.85. The van der Waals surface area contributed by atoms with Gasteiger partial charge >= 0.3 is 0 Å². The lowest BCUT2D eigenvalue weighted by molar-refractivity contribution is -0.122. The third kappa shape index (κ3) is 5.18. The normalized spacial score (nSPS) is 24.6. The molecule has 9 nitrogen and oxygen atoms in total. The molecule has 36 heavy (non-hydrogen) atoms. The summed E-state index contributed by atoms with van der Waals surface area (Å²) in [4.78, 5) is 25.5. The number of primary amides is 1. The first-order chi connectivity index (χ1) is 17.3. The van der Waals surface area contributed by atoms with Gasteiger partial charge in [-0.15, -0.1) is 0 Å². The minimum atomic E-state index is -1.15. The minimum absolute atomic E-state index is 0.0160. The summed E-state index contributed by atoms with van der Waals surface area (Å²) in [6.45, 7) is 0.510. The molecule has 13 heteroatoms. The van der Waals surface area contributed by atoms with Crippen molar-refractivity contribution >= 4 is 69.5 Å². The summed E-state index contributed by atoms with van der Waals surface area (Å²) in [5.74, 6) is 0.334. The van der Waals surface area contributed by atoms with Crippen LogP contribution in [0.25, 0.3) is 11.2 Å². The smallest absolute Gasteiger partial charge is 0.225 e. The third-order valence-corrected chi connectivity index (χ3v) is 7.56. The largest absolute Gasteiger partial charge is 0.378 e. The Labute approximate surface area is 221 Å². The molecule has 5 rings (SSSR count). The molecule has 1 saturated heterocycles. The predicted molar refractivity (Wildman–Crippen MR) is 138 cm³/mol. The summed E-state index contributed by atoms with van der Waals surface area (Å²) in [7, 11) is 0. The van der Waals surface area contributed by atoms with Crippen molar-refractivity contribution in [3.63, 3.8) is 0 Å². The molecular formula is C23H25Cl3FN7O2. The molecule has 3 aromatic rings. The zero-order valence-corrected chi connectivity index (χ0v) is 21.5. The van der Waals surface area contributed by atoms with Gasteiger partial charge < -0.3 is 21.1 Å². The molecule has 1 amide bonds. The second-order valence-electron chi connectivity index (χ2n) is 9.12. The number of fused-ring (bicyclic) bond motifs is 1. The quantitative estimate of drug-likeness (QED) is 0.377. The molecule has 1 saturated carbocycles. The Hall–Kier alpha value is -2.40. The molecule has 4 N–H and O–H groups in total. The molecule has 0 bridgehead atoms. The number of carbonyl (C=O) groups is 1. The Morgan fingerprint density at radius 2 is 1.83 bits per heavy atom. The molecular weight excluding hydrogens is 532 g/mol. The van der Waals surface area contributed by atoms with E-state index in [9.17, 15) is 9.18 Å². The van der Waals surface area contributed by atoms with E-state index in [0.717, 1.165) is 0 Å². The number of hydrogen-bond acceptors (Lipinski definition) is 7. The predicted octanol–water partition coefficient (Wildman–Crippen LogP) is 5.29. The van der Waals surface area contributed by atoms with E-state index in [2.05, 4.69) is 15.6 Å². The maximum atomic E-state index is 14.3. The maximum Gasteiger partial charge on any atom is 0.225 e. The van der Waals surface area contributed by atoms with Gasteiger partial charge in [0, 0.05) is 23.6 Å². The van der Waals surface area contributed by atoms with Gasteiger partial charge in [-0.1, -0.05) is 34.8 Å². The first-order valence-corrected chi connectivity index (χ1v) is 12.9. The Balaban J connectivity index is 1.53. The van der Waals surface area contributed by atoms with Crippen molar-refractivity contribution in [1.29, 1.82) is 0 Å². The number of anilines is 3. The highest BCUT2D eigenvalue weighted by Gasteiger charge is 2.30. The van der Waals surface area contributed by atoms with Gasteiger partial charge in [-0.25, -0.2) is 14.4 Å². The van der Waals surface area contributed by atoms with E-state index in [-0.39, 0.29) is 24.5 Å². The van der Waals surface area contributed by atoms with E-state index in [1.807, 2.05) is 4.57 Å². The fourth-order valence-electron chi connectivity index (χ4n) is 4.82. The summed E-state index contributed by atoms with van der Waals surface area (Å²) >= 11 is 18.9. The number of carbonyl (C=O) groups excluding carboxylic acids is 1. The fourth-order valence-corrected chi connectivity index (χ4v) is 5.73. The first kappa shape index (κ1) is 25.3. The molecule has 2 fully saturated rings. The standard InChI is InChI=1S/C23H25Cl3FN7O2/c24-12-7-14(25)19(15(26)8-12)32-23-31-18-9-29-22(30-17-5-6-36-10-16(17)27)33-21(18)34(23)13-3-1-11(2-4-13)20(28)35/h7-9,11,13,16-17H,1-6,10H2,(H2,28,35)(H,31,32)(H,29,30,33)/t11?,13?,16-,17?/m0/s1. The van der Waals surface area contributed by atoms with Crippen LogP contribution in [-0.4, -0.2) is 50.9 Å². The molecule has 1 unspecified atom stereocenters. The molecule has 2 atom stereocenters. The number of amides is 1. The number of alkyl halides is 1. The van der Waals surface area contributed by atoms with Crippen LogP contribution in [0.4, 0.5) is 22.0 Å². The van der Waals surface area contributed by atoms with Gasteiger partial charge in [-0.2, -0.15) is 4.98 Å². The first-order valence-electron chi connectivity index (χ1n) is 11.7. The number of nitrogens with zero attached hydrogens (tertiary/aromatic N) is 4. The zero-order valence-electron chi connectivity index (χ0n) is 19.2. The van der Waals surface area contributed by atoms with Gasteiger partial charge in [0.15, 0.2) is 5.65 Å². The van der Waals surface area contributed by atoms with Gasteiger partial charge in [0.1, 0.15) is 11.7 Å². The van der Waals surface area contributed by atoms with Crippen LogP contribution < -0.4 is 16.4 Å². The van der Waals surface area contributed by atoms with Crippen LogP contribution in [0.3, 0.4) is 0 Å². The van der Waals surface area contributed by atoms with Crippen molar-refractivity contribution in [1.82, 2.24) is 19.5 Å². The van der Waals surface area contributed by atoms with Crippen LogP contribution in [0.5, 0.6) is 0 Å². The van der Waals surface area contributed by atoms with Gasteiger partial charge in [0.05, 0.1) is 34.6 Å². The van der Waals surface area contributed by atoms with Gasteiger partial charge in [0.25, 0.3) is 0 Å². The number of halogens is 4. The lowest BCUT2D eigenvalue weighted by Crippen LogP contribution is -2.39. The Morgan fingerprint density at radius 1 is 1.11 bits per heavy atom. The molecule has 2 aromatic heterocycles. The number of rotatable bonds is 6. The number of hydrogen-bond donors (Lipinski definition) is 3. The third-order valence-electron chi connectivity index (χ3n) is 6.74. The van der Waals surface area contributed by atoms with E-state index in [0.29, 0.717) is 82.5 Å². The number of benzene rings is 1. The summed E-state index contributed by atoms with van der Waals surface area (Å²) in [6, 6.07) is 2.72. The van der Waals surface area contributed by atoms with E-state index < -0.39 is 12.2 Å². The van der Waals surface area contributed by atoms with Crippen molar-refractivity contribution in [2.45, 2.75) is 50.4 Å². The van der Waals surface area contributed by atoms with E-state index in [4.69, 9.17) is 55.2 Å². The lowest BCUT2D eigenvalue weighted by Gasteiger charge is -2.29. The topological polar surface area (TPSA) is 120 Å². The highest BCUT2D eigenvalue weighted by atomic mass is 35.5. The van der Waals surface area contributed by atoms with Crippen LogP contribution in [0.1, 0.15) is 38.1 Å². The van der Waals surface area contributed by atoms with Gasteiger partial charge in [0.2, 0.25) is 17.8 Å². The highest BCUT2D eigenvalue weighted by Crippen LogP contribution is 2.40. The zero-order chi connectivity index (χ0) is 25.4. The minimum Gasteiger partial charge on any atom is -0.378 e. The van der Waals surface area contributed by atoms with Crippen molar-refractivity contribution in [2.75, 3.05) is 23.8 Å². The Bertz CT molecular complexity index is 1260. The molecule has 192 valence electrons. The van der Waals surface area contributed by atoms with Crippen LogP contribution in [0.2, 0.25) is 15.1 Å². The number of imidazole rings is 1.